The van der Waals surface area contributed by atoms with Crippen LogP contribution in [0.15, 0.2) is 48.5 Å². The highest BCUT2D eigenvalue weighted by Crippen LogP contribution is 2.38. The number of para-hydroxylation sites is 1. The number of anilines is 2. The molecule has 2 aromatic rings. The summed E-state index contributed by atoms with van der Waals surface area (Å²) in [6.45, 7) is 1.77. The molecular weight excluding hydrogens is 368 g/mol. The molecular formula is C19H20N2O5S. The molecule has 2 aromatic carbocycles. The number of benzene rings is 2. The lowest BCUT2D eigenvalue weighted by Crippen LogP contribution is -2.36. The summed E-state index contributed by atoms with van der Waals surface area (Å²) < 4.78 is 26.0. The van der Waals surface area contributed by atoms with E-state index < -0.39 is 33.7 Å². The number of Topliss-reactive ketones (excluding diaryl/α,β-unsaturated/α-hetero) is 1. The number of ketones is 1. The van der Waals surface area contributed by atoms with Gasteiger partial charge in [0.25, 0.3) is 5.91 Å². The zero-order chi connectivity index (χ0) is 19.7. The lowest BCUT2D eigenvalue weighted by Gasteiger charge is -2.20. The minimum Gasteiger partial charge on any atom is -0.375 e. The van der Waals surface area contributed by atoms with Crippen LogP contribution >= 0.6 is 0 Å². The molecule has 0 aliphatic carbocycles. The monoisotopic (exact) mass is 388 g/mol. The number of fused-ring (bicyclic) bond motifs is 1. The fourth-order valence-corrected chi connectivity index (χ4v) is 4.17. The van der Waals surface area contributed by atoms with Crippen LogP contribution in [0.2, 0.25) is 0 Å². The van der Waals surface area contributed by atoms with E-state index in [1.54, 1.807) is 31.2 Å². The van der Waals surface area contributed by atoms with Gasteiger partial charge in [0, 0.05) is 22.5 Å². The Morgan fingerprint density at radius 3 is 2.48 bits per heavy atom. The Morgan fingerprint density at radius 2 is 1.81 bits per heavy atom. The minimum atomic E-state index is -3.41. The van der Waals surface area contributed by atoms with Crippen LogP contribution in [0.3, 0.4) is 0 Å². The zero-order valence-electron chi connectivity index (χ0n) is 14.7. The van der Waals surface area contributed by atoms with E-state index in [2.05, 4.69) is 10.0 Å². The smallest absolute Gasteiger partial charge is 0.261 e. The maximum atomic E-state index is 12.6. The van der Waals surface area contributed by atoms with Gasteiger partial charge in [-0.15, -0.1) is 0 Å². The number of sulfonamides is 1. The molecule has 1 heterocycles. The molecule has 0 saturated heterocycles. The summed E-state index contributed by atoms with van der Waals surface area (Å²) >= 11 is 0. The van der Waals surface area contributed by atoms with E-state index in [0.717, 1.165) is 0 Å². The van der Waals surface area contributed by atoms with Crippen LogP contribution in [-0.2, 0) is 20.4 Å². The maximum absolute atomic E-state index is 12.6. The molecule has 0 bridgehead atoms. The Hall–Kier alpha value is -2.71. The van der Waals surface area contributed by atoms with Gasteiger partial charge in [0.15, 0.2) is 11.4 Å². The molecule has 7 nitrogen and oxygen atoms in total. The fourth-order valence-electron chi connectivity index (χ4n) is 3.03. The number of carbonyl (C=O) groups excluding carboxylic acids is 2. The second-order valence-electron chi connectivity index (χ2n) is 6.46. The van der Waals surface area contributed by atoms with Crippen molar-refractivity contribution in [3.8, 4) is 0 Å². The molecule has 0 aromatic heterocycles. The quantitative estimate of drug-likeness (QED) is 0.630. The van der Waals surface area contributed by atoms with E-state index in [-0.39, 0.29) is 11.3 Å². The predicted molar refractivity (Wildman–Crippen MR) is 102 cm³/mol. The highest BCUT2D eigenvalue weighted by Gasteiger charge is 2.46. The molecule has 0 fully saturated rings. The highest BCUT2D eigenvalue weighted by molar-refractivity contribution is 7.92. The first-order chi connectivity index (χ1) is 12.7. The molecule has 8 heteroatoms. The van der Waals surface area contributed by atoms with Gasteiger partial charge in [0.1, 0.15) is 0 Å². The van der Waals surface area contributed by atoms with Crippen LogP contribution in [0.5, 0.6) is 0 Å². The number of aliphatic hydroxyl groups is 1. The summed E-state index contributed by atoms with van der Waals surface area (Å²) in [6.07, 6.45) is 0.0881. The van der Waals surface area contributed by atoms with Gasteiger partial charge in [-0.05, 0) is 36.8 Å². The molecule has 1 aliphatic rings. The van der Waals surface area contributed by atoms with E-state index in [0.29, 0.717) is 23.4 Å². The van der Waals surface area contributed by atoms with Crippen molar-refractivity contribution >= 4 is 33.1 Å². The van der Waals surface area contributed by atoms with Crippen molar-refractivity contribution in [1.29, 1.82) is 0 Å². The molecule has 142 valence electrons. The molecule has 0 spiro atoms. The molecule has 1 unspecified atom stereocenters. The van der Waals surface area contributed by atoms with Crippen molar-refractivity contribution < 1.29 is 23.1 Å². The first-order valence-electron chi connectivity index (χ1n) is 8.52. The Kier molecular flexibility index (Phi) is 5.03. The van der Waals surface area contributed by atoms with Gasteiger partial charge in [0.2, 0.25) is 10.0 Å². The average Bonchev–Trinajstić information content (AvgIpc) is 2.86. The van der Waals surface area contributed by atoms with Gasteiger partial charge >= 0.3 is 0 Å². The second kappa shape index (κ2) is 7.13. The summed E-state index contributed by atoms with van der Waals surface area (Å²) in [6, 6.07) is 12.6. The van der Waals surface area contributed by atoms with E-state index >= 15 is 0 Å². The van der Waals surface area contributed by atoms with Crippen LogP contribution in [0, 0.1) is 0 Å². The first-order valence-corrected chi connectivity index (χ1v) is 10.2. The summed E-state index contributed by atoms with van der Waals surface area (Å²) in [5, 5.41) is 13.4. The van der Waals surface area contributed by atoms with E-state index in [1.807, 2.05) is 0 Å². The number of rotatable bonds is 7. The number of carbonyl (C=O) groups is 2. The van der Waals surface area contributed by atoms with Gasteiger partial charge in [-0.2, -0.15) is 0 Å². The third-order valence-corrected chi connectivity index (χ3v) is 5.86. The predicted octanol–water partition coefficient (Wildman–Crippen LogP) is 2.25. The van der Waals surface area contributed by atoms with Crippen molar-refractivity contribution in [1.82, 2.24) is 0 Å². The van der Waals surface area contributed by atoms with Crippen LogP contribution < -0.4 is 10.0 Å². The molecule has 0 saturated carbocycles. The minimum absolute atomic E-state index is 0.00916. The zero-order valence-corrected chi connectivity index (χ0v) is 15.5. The summed E-state index contributed by atoms with van der Waals surface area (Å²) in [7, 11) is -3.41. The SMILES string of the molecule is CCCS(=O)(=O)Nc1ccc(C(=O)CC2(O)C(=O)Nc3ccccc32)cc1. The van der Waals surface area contributed by atoms with Crippen molar-refractivity contribution in [2.24, 2.45) is 0 Å². The third kappa shape index (κ3) is 3.86. The molecule has 1 aliphatic heterocycles. The molecule has 3 rings (SSSR count). The number of hydrogen-bond donors (Lipinski definition) is 3. The fraction of sp³-hybridized carbons (Fsp3) is 0.263. The summed E-state index contributed by atoms with van der Waals surface area (Å²) in [5.74, 6) is -1.05. The summed E-state index contributed by atoms with van der Waals surface area (Å²) in [5.41, 5.74) is -0.442. The van der Waals surface area contributed by atoms with Crippen LogP contribution in [0.1, 0.15) is 35.7 Å². The van der Waals surface area contributed by atoms with Gasteiger partial charge < -0.3 is 10.4 Å². The van der Waals surface area contributed by atoms with Gasteiger partial charge in [-0.3, -0.25) is 14.3 Å². The van der Waals surface area contributed by atoms with Crippen LogP contribution in [0.25, 0.3) is 0 Å². The lowest BCUT2D eigenvalue weighted by molar-refractivity contribution is -0.133. The Labute approximate surface area is 157 Å². The Balaban J connectivity index is 1.76. The average molecular weight is 388 g/mol. The highest BCUT2D eigenvalue weighted by atomic mass is 32.2. The standard InChI is InChI=1S/C19H20N2O5S/c1-2-11-27(25,26)21-14-9-7-13(8-10-14)17(22)12-19(24)15-5-3-4-6-16(15)20-18(19)23/h3-10,21,24H,2,11-12H2,1H3,(H,20,23). The van der Waals surface area contributed by atoms with E-state index in [4.69, 9.17) is 0 Å². The Morgan fingerprint density at radius 1 is 1.15 bits per heavy atom. The van der Waals surface area contributed by atoms with Crippen molar-refractivity contribution in [2.45, 2.75) is 25.4 Å². The van der Waals surface area contributed by atoms with Gasteiger partial charge in [0.05, 0.1) is 12.2 Å². The normalized spacial score (nSPS) is 18.7. The van der Waals surface area contributed by atoms with Crippen molar-refractivity contribution in [3.05, 3.63) is 59.7 Å². The number of hydrogen-bond acceptors (Lipinski definition) is 5. The van der Waals surface area contributed by atoms with E-state index in [9.17, 15) is 23.1 Å². The second-order valence-corrected chi connectivity index (χ2v) is 8.30. The maximum Gasteiger partial charge on any atom is 0.261 e. The molecule has 27 heavy (non-hydrogen) atoms. The Bertz CT molecular complexity index is 985. The molecule has 3 N–H and O–H groups in total. The molecule has 1 atom stereocenters. The van der Waals surface area contributed by atoms with E-state index in [1.165, 1.54) is 24.3 Å². The summed E-state index contributed by atoms with van der Waals surface area (Å²) in [4.78, 5) is 24.8. The van der Waals surface area contributed by atoms with Crippen molar-refractivity contribution in [3.63, 3.8) is 0 Å². The van der Waals surface area contributed by atoms with Crippen molar-refractivity contribution in [2.75, 3.05) is 15.8 Å². The molecule has 0 radical (unpaired) electrons. The third-order valence-electron chi connectivity index (χ3n) is 4.37. The molecule has 1 amide bonds. The first kappa shape index (κ1) is 19.1. The van der Waals surface area contributed by atoms with Gasteiger partial charge in [-0.25, -0.2) is 8.42 Å². The topological polar surface area (TPSA) is 113 Å². The number of nitrogens with one attached hydrogen (secondary N) is 2. The number of amides is 1. The van der Waals surface area contributed by atoms with Gasteiger partial charge in [-0.1, -0.05) is 25.1 Å². The largest absolute Gasteiger partial charge is 0.375 e. The van der Waals surface area contributed by atoms with Crippen LogP contribution in [0.4, 0.5) is 11.4 Å². The lowest BCUT2D eigenvalue weighted by atomic mass is 9.88. The van der Waals surface area contributed by atoms with Crippen LogP contribution in [-0.4, -0.2) is 31.0 Å².